The first-order valence-corrected chi connectivity index (χ1v) is 19.7. The van der Waals surface area contributed by atoms with Crippen molar-refractivity contribution in [2.45, 2.75) is 102 Å². The van der Waals surface area contributed by atoms with E-state index in [0.29, 0.717) is 19.8 Å². The zero-order valence-electron chi connectivity index (χ0n) is 25.0. The molecule has 0 spiro atoms. The molecule has 206 valence electrons. The van der Waals surface area contributed by atoms with Gasteiger partial charge in [-0.3, -0.25) is 4.90 Å². The van der Waals surface area contributed by atoms with Crippen molar-refractivity contribution in [2.24, 2.45) is 0 Å². The summed E-state index contributed by atoms with van der Waals surface area (Å²) in [7, 11) is -3.75. The lowest BCUT2D eigenvalue weighted by atomic mass is 9.82. The molecule has 0 amide bonds. The Morgan fingerprint density at radius 3 is 1.38 bits per heavy atom. The molecule has 0 saturated carbocycles. The molecule has 1 aliphatic heterocycles. The number of hydrogen-bond donors (Lipinski definition) is 1. The first-order valence-electron chi connectivity index (χ1n) is 13.8. The molecule has 1 N–H and O–H groups in total. The molecule has 0 unspecified atom stereocenters. The topological polar surface area (TPSA) is 41.9 Å². The summed E-state index contributed by atoms with van der Waals surface area (Å²) in [6.45, 7) is 24.9. The molecule has 0 radical (unpaired) electrons. The summed E-state index contributed by atoms with van der Waals surface area (Å²) in [5.41, 5.74) is 0.718. The number of aliphatic hydroxyl groups is 1. The maximum Gasteiger partial charge on any atom is 0.192 e. The molecule has 1 saturated heterocycles. The second-order valence-corrected chi connectivity index (χ2v) is 23.6. The van der Waals surface area contributed by atoms with Crippen LogP contribution >= 0.6 is 0 Å². The predicted molar refractivity (Wildman–Crippen MR) is 161 cm³/mol. The highest BCUT2D eigenvalue weighted by Gasteiger charge is 2.47. The van der Waals surface area contributed by atoms with E-state index in [0.717, 1.165) is 17.5 Å². The largest absolute Gasteiger partial charge is 0.415 e. The normalized spacial score (nSPS) is 20.1. The number of benzene rings is 2. The molecule has 3 rings (SSSR count). The summed E-state index contributed by atoms with van der Waals surface area (Å²) < 4.78 is 13.4. The Morgan fingerprint density at radius 1 is 0.703 bits per heavy atom. The van der Waals surface area contributed by atoms with Gasteiger partial charge in [0.25, 0.3) is 0 Å². The van der Waals surface area contributed by atoms with Gasteiger partial charge in [-0.15, -0.1) is 0 Å². The summed E-state index contributed by atoms with van der Waals surface area (Å²) in [6, 6.07) is 20.7. The summed E-state index contributed by atoms with van der Waals surface area (Å²) in [5.74, 6) is 0. The van der Waals surface area contributed by atoms with Crippen LogP contribution in [0.2, 0.25) is 36.3 Å². The van der Waals surface area contributed by atoms with Gasteiger partial charge in [-0.2, -0.15) is 0 Å². The minimum Gasteiger partial charge on any atom is -0.415 e. The fraction of sp³-hybridized carbons (Fsp3) is 0.613. The second-order valence-electron chi connectivity index (χ2n) is 14.0. The first kappa shape index (κ1) is 30.3. The number of rotatable bonds is 10. The van der Waals surface area contributed by atoms with Crippen LogP contribution in [0.1, 0.15) is 59.1 Å². The minimum absolute atomic E-state index is 0.168. The molecular formula is C31H51NO3Si2. The third kappa shape index (κ3) is 6.84. The smallest absolute Gasteiger partial charge is 0.192 e. The molecule has 4 nitrogen and oxygen atoms in total. The van der Waals surface area contributed by atoms with E-state index in [-0.39, 0.29) is 22.2 Å². The lowest BCUT2D eigenvalue weighted by Gasteiger charge is -2.53. The highest BCUT2D eigenvalue weighted by atomic mass is 28.4. The van der Waals surface area contributed by atoms with E-state index in [1.165, 1.54) is 0 Å². The molecular weight excluding hydrogens is 491 g/mol. The van der Waals surface area contributed by atoms with Crippen molar-refractivity contribution in [1.29, 1.82) is 0 Å². The highest BCUT2D eigenvalue weighted by molar-refractivity contribution is 6.74. The number of nitrogens with zero attached hydrogens (tertiary/aromatic N) is 1. The van der Waals surface area contributed by atoms with Gasteiger partial charge in [0.05, 0.1) is 0 Å². The van der Waals surface area contributed by atoms with Crippen molar-refractivity contribution in [3.05, 3.63) is 71.8 Å². The Kier molecular flexibility index (Phi) is 9.05. The molecule has 6 heteroatoms. The standard InChI is InChI=1S/C31H51NO3Si2/c1-29(2,3)36(7,8)34-22-27-21-28(23-35-37(9,10)30(4,5)6)32(27)24-31(33,25-17-13-11-14-18-25)26-19-15-12-16-20-26/h11-20,27-28,33H,21-24H2,1-10H3/t27-,28-/m0/s1. The SMILES string of the molecule is CC(C)(C)[Si](C)(C)OC[C@@H]1C[C@@H](CO[Si](C)(C)C(C)(C)C)N1CC(O)(c1ccccc1)c1ccccc1. The zero-order chi connectivity index (χ0) is 27.7. The summed E-state index contributed by atoms with van der Waals surface area (Å²) in [5, 5.41) is 12.7. The van der Waals surface area contributed by atoms with Crippen LogP contribution in [-0.4, -0.2) is 58.5 Å². The van der Waals surface area contributed by atoms with E-state index in [1.807, 2.05) is 60.7 Å². The molecule has 2 aromatic carbocycles. The Labute approximate surface area is 228 Å². The molecule has 1 aliphatic rings. The average molecular weight is 542 g/mol. The van der Waals surface area contributed by atoms with Crippen molar-refractivity contribution in [3.8, 4) is 0 Å². The van der Waals surface area contributed by atoms with Crippen molar-refractivity contribution in [1.82, 2.24) is 4.90 Å². The van der Waals surface area contributed by atoms with E-state index in [1.54, 1.807) is 0 Å². The van der Waals surface area contributed by atoms with Gasteiger partial charge in [0.2, 0.25) is 0 Å². The molecule has 0 bridgehead atoms. The molecule has 0 aliphatic carbocycles. The summed E-state index contributed by atoms with van der Waals surface area (Å²) >= 11 is 0. The fourth-order valence-electron chi connectivity index (χ4n) is 4.41. The third-order valence-corrected chi connectivity index (χ3v) is 18.3. The maximum atomic E-state index is 12.3. The van der Waals surface area contributed by atoms with Crippen LogP contribution in [0.5, 0.6) is 0 Å². The van der Waals surface area contributed by atoms with E-state index >= 15 is 0 Å². The number of likely N-dealkylation sites (tertiary alicyclic amines) is 1. The lowest BCUT2D eigenvalue weighted by molar-refractivity contribution is -0.0816. The average Bonchev–Trinajstić information content (AvgIpc) is 2.81. The van der Waals surface area contributed by atoms with Crippen LogP contribution in [0.15, 0.2) is 60.7 Å². The fourth-order valence-corrected chi connectivity index (χ4v) is 6.50. The van der Waals surface area contributed by atoms with Gasteiger partial charge in [0.15, 0.2) is 16.6 Å². The molecule has 2 atom stereocenters. The summed E-state index contributed by atoms with van der Waals surface area (Å²) in [4.78, 5) is 2.46. The Hall–Kier alpha value is -1.29. The van der Waals surface area contributed by atoms with Crippen LogP contribution in [-0.2, 0) is 14.5 Å². The monoisotopic (exact) mass is 541 g/mol. The van der Waals surface area contributed by atoms with E-state index < -0.39 is 22.2 Å². The van der Waals surface area contributed by atoms with E-state index in [9.17, 15) is 5.11 Å². The van der Waals surface area contributed by atoms with Gasteiger partial charge in [0, 0.05) is 31.8 Å². The minimum atomic E-state index is -1.88. The molecule has 1 fully saturated rings. The quantitative estimate of drug-likeness (QED) is 0.318. The lowest BCUT2D eigenvalue weighted by Crippen LogP contribution is -2.64. The maximum absolute atomic E-state index is 12.3. The molecule has 2 aromatic rings. The second kappa shape index (κ2) is 11.1. The van der Waals surface area contributed by atoms with Crippen LogP contribution in [0.4, 0.5) is 0 Å². The predicted octanol–water partition coefficient (Wildman–Crippen LogP) is 7.41. The van der Waals surface area contributed by atoms with E-state index in [4.69, 9.17) is 8.85 Å². The highest BCUT2D eigenvalue weighted by Crippen LogP contribution is 2.41. The Balaban J connectivity index is 1.88. The number of β-amino-alcohol motifs (C(OH)–C–C–N with tert-alkyl or cyclic N) is 1. The van der Waals surface area contributed by atoms with Gasteiger partial charge < -0.3 is 14.0 Å². The van der Waals surface area contributed by atoms with Crippen molar-refractivity contribution < 1.29 is 14.0 Å². The van der Waals surface area contributed by atoms with Gasteiger partial charge in [-0.1, -0.05) is 102 Å². The Bertz CT molecular complexity index is 921. The number of hydrogen-bond acceptors (Lipinski definition) is 4. The Morgan fingerprint density at radius 2 is 1.05 bits per heavy atom. The molecule has 0 aromatic heterocycles. The molecule has 37 heavy (non-hydrogen) atoms. The van der Waals surface area contributed by atoms with Gasteiger partial charge >= 0.3 is 0 Å². The first-order chi connectivity index (χ1) is 17.0. The third-order valence-electron chi connectivity index (χ3n) is 9.28. The van der Waals surface area contributed by atoms with Gasteiger partial charge in [-0.05, 0) is 53.8 Å². The summed E-state index contributed by atoms with van der Waals surface area (Å²) in [6.07, 6.45) is 1.03. The van der Waals surface area contributed by atoms with Crippen molar-refractivity contribution in [2.75, 3.05) is 19.8 Å². The van der Waals surface area contributed by atoms with Crippen LogP contribution in [0.3, 0.4) is 0 Å². The van der Waals surface area contributed by atoms with Gasteiger partial charge in [0.1, 0.15) is 5.60 Å². The van der Waals surface area contributed by atoms with Crippen molar-refractivity contribution in [3.63, 3.8) is 0 Å². The zero-order valence-corrected chi connectivity index (χ0v) is 27.0. The van der Waals surface area contributed by atoms with Crippen LogP contribution < -0.4 is 0 Å². The van der Waals surface area contributed by atoms with Crippen LogP contribution in [0.25, 0.3) is 0 Å². The molecule has 1 heterocycles. The van der Waals surface area contributed by atoms with Crippen LogP contribution in [0, 0.1) is 0 Å². The van der Waals surface area contributed by atoms with Gasteiger partial charge in [-0.25, -0.2) is 0 Å². The van der Waals surface area contributed by atoms with Crippen molar-refractivity contribution >= 4 is 16.6 Å². The van der Waals surface area contributed by atoms with E-state index in [2.05, 4.69) is 72.6 Å².